The number of nitrogens with two attached hydrogens (primary N) is 1. The maximum Gasteiger partial charge on any atom is 0.256 e. The molecule has 0 aromatic heterocycles. The molecule has 5 heteroatoms. The Balaban J connectivity index is 2.82. The van der Waals surface area contributed by atoms with Crippen LogP contribution in [0, 0.1) is 5.82 Å². The molecule has 0 aliphatic carbocycles. The summed E-state index contributed by atoms with van der Waals surface area (Å²) in [4.78, 5) is 13.8. The van der Waals surface area contributed by atoms with Crippen molar-refractivity contribution in [3.05, 3.63) is 29.6 Å². The number of amides is 1. The molecule has 100 valence electrons. The van der Waals surface area contributed by atoms with Gasteiger partial charge in [-0.2, -0.15) is 11.8 Å². The minimum atomic E-state index is -0.447. The number of rotatable bonds is 5. The molecule has 1 rings (SSSR count). The van der Waals surface area contributed by atoms with E-state index < -0.39 is 5.82 Å². The van der Waals surface area contributed by atoms with Crippen molar-refractivity contribution < 1.29 is 9.18 Å². The summed E-state index contributed by atoms with van der Waals surface area (Å²) >= 11 is 1.74. The van der Waals surface area contributed by atoms with Gasteiger partial charge in [-0.3, -0.25) is 4.79 Å². The highest BCUT2D eigenvalue weighted by molar-refractivity contribution is 7.98. The van der Waals surface area contributed by atoms with Crippen molar-refractivity contribution in [2.45, 2.75) is 19.4 Å². The van der Waals surface area contributed by atoms with Crippen molar-refractivity contribution in [2.75, 3.05) is 24.8 Å². The Bertz CT molecular complexity index is 425. The Hall–Kier alpha value is -1.23. The number of nitrogens with zero attached hydrogens (tertiary/aromatic N) is 1. The molecule has 0 heterocycles. The van der Waals surface area contributed by atoms with Crippen LogP contribution in [0.3, 0.4) is 0 Å². The Labute approximate surface area is 112 Å². The Morgan fingerprint density at radius 1 is 1.56 bits per heavy atom. The van der Waals surface area contributed by atoms with Gasteiger partial charge in [0, 0.05) is 18.8 Å². The molecule has 1 aromatic carbocycles. The van der Waals surface area contributed by atoms with Gasteiger partial charge in [0.05, 0.1) is 5.56 Å². The van der Waals surface area contributed by atoms with Crippen LogP contribution in [0.5, 0.6) is 0 Å². The number of carbonyl (C=O) groups is 1. The van der Waals surface area contributed by atoms with Gasteiger partial charge in [0.2, 0.25) is 0 Å². The number of hydrogen-bond acceptors (Lipinski definition) is 3. The van der Waals surface area contributed by atoms with Crippen LogP contribution in [0.4, 0.5) is 10.1 Å². The van der Waals surface area contributed by atoms with E-state index in [9.17, 15) is 9.18 Å². The maximum atomic E-state index is 13.1. The monoisotopic (exact) mass is 270 g/mol. The molecule has 0 bridgehead atoms. The average Bonchev–Trinajstić information content (AvgIpc) is 2.37. The van der Waals surface area contributed by atoms with Gasteiger partial charge in [0.15, 0.2) is 0 Å². The Morgan fingerprint density at radius 3 is 2.83 bits per heavy atom. The molecule has 0 radical (unpaired) electrons. The van der Waals surface area contributed by atoms with E-state index in [-0.39, 0.29) is 17.5 Å². The summed E-state index contributed by atoms with van der Waals surface area (Å²) in [6.45, 7) is 1.98. The molecule has 0 spiro atoms. The Kier molecular flexibility index (Phi) is 5.47. The molecule has 1 unspecified atom stereocenters. The fourth-order valence-corrected chi connectivity index (χ4v) is 2.16. The summed E-state index contributed by atoms with van der Waals surface area (Å²) in [5.74, 6) is 0.301. The number of anilines is 1. The van der Waals surface area contributed by atoms with E-state index in [0.29, 0.717) is 5.69 Å². The topological polar surface area (TPSA) is 46.3 Å². The van der Waals surface area contributed by atoms with E-state index in [1.54, 1.807) is 23.7 Å². The third kappa shape index (κ3) is 3.63. The summed E-state index contributed by atoms with van der Waals surface area (Å²) in [6.07, 6.45) is 2.93. The zero-order chi connectivity index (χ0) is 13.7. The molecule has 3 nitrogen and oxygen atoms in total. The van der Waals surface area contributed by atoms with Crippen LogP contribution in [0.15, 0.2) is 18.2 Å². The largest absolute Gasteiger partial charge is 0.398 e. The van der Waals surface area contributed by atoms with Crippen molar-refractivity contribution in [2.24, 2.45) is 0 Å². The highest BCUT2D eigenvalue weighted by Gasteiger charge is 2.19. The van der Waals surface area contributed by atoms with Crippen molar-refractivity contribution in [3.8, 4) is 0 Å². The molecule has 1 amide bonds. The zero-order valence-corrected chi connectivity index (χ0v) is 11.8. The standard InChI is InChI=1S/C13H19FN2OS/c1-9(6-7-18-3)16(2)13(17)11-8-10(14)4-5-12(11)15/h4-5,8-9H,6-7,15H2,1-3H3. The Morgan fingerprint density at radius 2 is 2.22 bits per heavy atom. The van der Waals surface area contributed by atoms with Gasteiger partial charge in [-0.25, -0.2) is 4.39 Å². The summed E-state index contributed by atoms with van der Waals surface area (Å²) in [5.41, 5.74) is 6.25. The normalized spacial score (nSPS) is 12.2. The third-order valence-electron chi connectivity index (χ3n) is 2.97. The third-order valence-corrected chi connectivity index (χ3v) is 3.61. The molecule has 1 atom stereocenters. The second-order valence-electron chi connectivity index (χ2n) is 4.28. The zero-order valence-electron chi connectivity index (χ0n) is 10.9. The van der Waals surface area contributed by atoms with Gasteiger partial charge in [-0.15, -0.1) is 0 Å². The quantitative estimate of drug-likeness (QED) is 0.837. The highest BCUT2D eigenvalue weighted by atomic mass is 32.2. The van der Waals surface area contributed by atoms with E-state index in [1.807, 2.05) is 13.2 Å². The van der Waals surface area contributed by atoms with E-state index >= 15 is 0 Å². The van der Waals surface area contributed by atoms with E-state index in [0.717, 1.165) is 12.2 Å². The highest BCUT2D eigenvalue weighted by Crippen LogP contribution is 2.17. The SMILES string of the molecule is CSCCC(C)N(C)C(=O)c1cc(F)ccc1N. The van der Waals surface area contributed by atoms with E-state index in [2.05, 4.69) is 0 Å². The molecule has 0 fully saturated rings. The smallest absolute Gasteiger partial charge is 0.256 e. The van der Waals surface area contributed by atoms with E-state index in [4.69, 9.17) is 5.73 Å². The van der Waals surface area contributed by atoms with Crippen LogP contribution in [0.25, 0.3) is 0 Å². The molecule has 0 aliphatic rings. The van der Waals surface area contributed by atoms with Gasteiger partial charge in [-0.05, 0) is 43.6 Å². The van der Waals surface area contributed by atoms with Crippen molar-refractivity contribution in [1.82, 2.24) is 4.90 Å². The van der Waals surface area contributed by atoms with Gasteiger partial charge in [0.25, 0.3) is 5.91 Å². The van der Waals surface area contributed by atoms with Gasteiger partial charge >= 0.3 is 0 Å². The summed E-state index contributed by atoms with van der Waals surface area (Å²) in [5, 5.41) is 0. The van der Waals surface area contributed by atoms with Crippen molar-refractivity contribution >= 4 is 23.4 Å². The first kappa shape index (κ1) is 14.8. The number of benzene rings is 1. The molecule has 1 aromatic rings. The number of thioether (sulfide) groups is 1. The summed E-state index contributed by atoms with van der Waals surface area (Å²) < 4.78 is 13.1. The van der Waals surface area contributed by atoms with Crippen molar-refractivity contribution in [3.63, 3.8) is 0 Å². The molecule has 2 N–H and O–H groups in total. The predicted molar refractivity (Wildman–Crippen MR) is 75.4 cm³/mol. The number of carbonyl (C=O) groups excluding carboxylic acids is 1. The maximum absolute atomic E-state index is 13.1. The predicted octanol–water partition coefficient (Wildman–Crippen LogP) is 2.62. The first-order chi connectivity index (χ1) is 8.47. The van der Waals surface area contributed by atoms with Gasteiger partial charge in [-0.1, -0.05) is 0 Å². The number of hydrogen-bond donors (Lipinski definition) is 1. The first-order valence-corrected chi connectivity index (χ1v) is 7.18. The number of nitrogen functional groups attached to an aromatic ring is 1. The lowest BCUT2D eigenvalue weighted by Crippen LogP contribution is -2.35. The summed E-state index contributed by atoms with van der Waals surface area (Å²) in [6, 6.07) is 3.97. The molecular weight excluding hydrogens is 251 g/mol. The average molecular weight is 270 g/mol. The van der Waals surface area contributed by atoms with Crippen LogP contribution in [0.2, 0.25) is 0 Å². The van der Waals surface area contributed by atoms with Crippen LogP contribution in [0.1, 0.15) is 23.7 Å². The minimum Gasteiger partial charge on any atom is -0.398 e. The fraction of sp³-hybridized carbons (Fsp3) is 0.462. The lowest BCUT2D eigenvalue weighted by molar-refractivity contribution is 0.0742. The molecule has 18 heavy (non-hydrogen) atoms. The molecule has 0 saturated carbocycles. The minimum absolute atomic E-state index is 0.104. The second-order valence-corrected chi connectivity index (χ2v) is 5.26. The fourth-order valence-electron chi connectivity index (χ4n) is 1.59. The lowest BCUT2D eigenvalue weighted by Gasteiger charge is -2.25. The van der Waals surface area contributed by atoms with Gasteiger partial charge < -0.3 is 10.6 Å². The number of halogens is 1. The van der Waals surface area contributed by atoms with Crippen LogP contribution in [-0.4, -0.2) is 35.9 Å². The lowest BCUT2D eigenvalue weighted by atomic mass is 10.1. The molecule has 0 aliphatic heterocycles. The van der Waals surface area contributed by atoms with Crippen LogP contribution < -0.4 is 5.73 Å². The summed E-state index contributed by atoms with van der Waals surface area (Å²) in [7, 11) is 1.72. The molecule has 0 saturated heterocycles. The van der Waals surface area contributed by atoms with Crippen molar-refractivity contribution in [1.29, 1.82) is 0 Å². The van der Waals surface area contributed by atoms with Crippen LogP contribution in [-0.2, 0) is 0 Å². The van der Waals surface area contributed by atoms with Gasteiger partial charge in [0.1, 0.15) is 5.82 Å². The van der Waals surface area contributed by atoms with Crippen LogP contribution >= 0.6 is 11.8 Å². The first-order valence-electron chi connectivity index (χ1n) is 5.78. The second kappa shape index (κ2) is 6.64. The molecular formula is C13H19FN2OS. The van der Waals surface area contributed by atoms with E-state index in [1.165, 1.54) is 18.2 Å².